The molecule has 0 amide bonds. The number of carbonyl (C=O) groups is 1. The maximum atomic E-state index is 12.4. The molecule has 0 saturated carbocycles. The number of anilines is 3. The first-order valence-electron chi connectivity index (χ1n) is 9.04. The van der Waals surface area contributed by atoms with E-state index >= 15 is 0 Å². The van der Waals surface area contributed by atoms with Crippen molar-refractivity contribution in [3.05, 3.63) is 77.4 Å². The highest BCUT2D eigenvalue weighted by Gasteiger charge is 2.23. The van der Waals surface area contributed by atoms with Crippen LogP contribution in [0.3, 0.4) is 0 Å². The van der Waals surface area contributed by atoms with Crippen LogP contribution in [0.15, 0.2) is 60.7 Å². The van der Waals surface area contributed by atoms with Crippen LogP contribution in [0.4, 0.5) is 17.1 Å². The number of hydrogen-bond donors (Lipinski definition) is 2. The second-order valence-corrected chi connectivity index (χ2v) is 7.48. The van der Waals surface area contributed by atoms with E-state index < -0.39 is 17.2 Å². The van der Waals surface area contributed by atoms with Gasteiger partial charge in [0, 0.05) is 5.69 Å². The highest BCUT2D eigenvalue weighted by molar-refractivity contribution is 7.81. The van der Waals surface area contributed by atoms with Gasteiger partial charge in [-0.15, -0.1) is 0 Å². The van der Waals surface area contributed by atoms with E-state index in [1.165, 1.54) is 13.2 Å². The molecule has 8 heteroatoms. The molecule has 30 heavy (non-hydrogen) atoms. The van der Waals surface area contributed by atoms with Gasteiger partial charge in [-0.25, -0.2) is 13.3 Å². The van der Waals surface area contributed by atoms with Gasteiger partial charge in [-0.05, 0) is 67.9 Å². The quantitative estimate of drug-likeness (QED) is 0.335. The molecule has 0 aromatic heterocycles. The number of hydrogen-bond acceptors (Lipinski definition) is 5. The fourth-order valence-electron chi connectivity index (χ4n) is 2.87. The number of methoxy groups -OCH3 is 1. The van der Waals surface area contributed by atoms with Crippen LogP contribution in [0.1, 0.15) is 21.5 Å². The molecule has 0 heterocycles. The summed E-state index contributed by atoms with van der Waals surface area (Å²) in [4.78, 5) is 12.4. The Morgan fingerprint density at radius 1 is 1.00 bits per heavy atom. The van der Waals surface area contributed by atoms with Crippen LogP contribution in [-0.4, -0.2) is 21.8 Å². The third-order valence-electron chi connectivity index (χ3n) is 4.49. The number of benzene rings is 3. The summed E-state index contributed by atoms with van der Waals surface area (Å²) < 4.78 is 33.9. The van der Waals surface area contributed by atoms with Gasteiger partial charge in [-0.2, -0.15) is 0 Å². The highest BCUT2D eigenvalue weighted by atomic mass is 32.2. The van der Waals surface area contributed by atoms with Crippen LogP contribution in [0.25, 0.3) is 0 Å². The summed E-state index contributed by atoms with van der Waals surface area (Å²) in [5.41, 5.74) is 9.10. The summed E-state index contributed by atoms with van der Waals surface area (Å²) >= 11 is -2.42. The van der Waals surface area contributed by atoms with Gasteiger partial charge < -0.3 is 15.2 Å². The Bertz CT molecular complexity index is 1100. The molecule has 3 aromatic carbocycles. The Morgan fingerprint density at radius 3 is 2.23 bits per heavy atom. The molecule has 0 fully saturated rings. The zero-order valence-electron chi connectivity index (χ0n) is 16.8. The standard InChI is InChI=1S/C22H22N2O5S/c1-14-4-6-16(7-5-14)24(30(26)27)21-11-9-18(13-19(21)22(25)28-3)29-17-8-10-20(23)15(2)12-17/h4-13H,23H2,1-3H3,(H,26,27). The van der Waals surface area contributed by atoms with Gasteiger partial charge >= 0.3 is 5.97 Å². The van der Waals surface area contributed by atoms with E-state index in [1.807, 2.05) is 26.0 Å². The second kappa shape index (κ2) is 8.98. The van der Waals surface area contributed by atoms with Gasteiger partial charge in [0.25, 0.3) is 11.3 Å². The normalized spacial score (nSPS) is 11.6. The Hall–Kier alpha value is -3.36. The molecule has 1 unspecified atom stereocenters. The van der Waals surface area contributed by atoms with Crippen molar-refractivity contribution < 1.29 is 23.0 Å². The molecule has 3 rings (SSSR count). The molecule has 3 aromatic rings. The van der Waals surface area contributed by atoms with Gasteiger partial charge in [0.1, 0.15) is 11.5 Å². The van der Waals surface area contributed by atoms with Crippen molar-refractivity contribution >= 4 is 34.3 Å². The average molecular weight is 426 g/mol. The zero-order valence-corrected chi connectivity index (χ0v) is 17.6. The van der Waals surface area contributed by atoms with Crippen molar-refractivity contribution in [2.24, 2.45) is 0 Å². The van der Waals surface area contributed by atoms with Crippen LogP contribution in [0.5, 0.6) is 11.5 Å². The first-order chi connectivity index (χ1) is 14.3. The summed E-state index contributed by atoms with van der Waals surface area (Å²) in [5.74, 6) is 0.258. The number of aryl methyl sites for hydroxylation is 2. The Labute approximate surface area is 177 Å². The summed E-state index contributed by atoms with van der Waals surface area (Å²) in [6.45, 7) is 3.77. The topological polar surface area (TPSA) is 102 Å². The predicted molar refractivity (Wildman–Crippen MR) is 118 cm³/mol. The van der Waals surface area contributed by atoms with Crippen LogP contribution >= 0.6 is 0 Å². The zero-order chi connectivity index (χ0) is 21.8. The lowest BCUT2D eigenvalue weighted by atomic mass is 10.1. The number of esters is 1. The minimum atomic E-state index is -2.42. The van der Waals surface area contributed by atoms with Gasteiger partial charge in [-0.1, -0.05) is 17.7 Å². The summed E-state index contributed by atoms with van der Waals surface area (Å²) in [7, 11) is 1.25. The number of carbonyl (C=O) groups excluding carboxylic acids is 1. The highest BCUT2D eigenvalue weighted by Crippen LogP contribution is 2.34. The van der Waals surface area contributed by atoms with E-state index in [2.05, 4.69) is 0 Å². The van der Waals surface area contributed by atoms with Crippen molar-refractivity contribution in [3.63, 3.8) is 0 Å². The van der Waals surface area contributed by atoms with Crippen molar-refractivity contribution in [1.29, 1.82) is 0 Å². The predicted octanol–water partition coefficient (Wildman–Crippen LogP) is 4.74. The number of nitrogens with zero attached hydrogens (tertiary/aromatic N) is 1. The first-order valence-corrected chi connectivity index (χ1v) is 10.1. The van der Waals surface area contributed by atoms with Crippen molar-refractivity contribution in [3.8, 4) is 11.5 Å². The van der Waals surface area contributed by atoms with Crippen molar-refractivity contribution in [1.82, 2.24) is 0 Å². The number of nitrogens with two attached hydrogens (primary N) is 1. The van der Waals surface area contributed by atoms with Crippen molar-refractivity contribution in [2.45, 2.75) is 13.8 Å². The fourth-order valence-corrected chi connectivity index (χ4v) is 3.50. The molecule has 0 radical (unpaired) electrons. The van der Waals surface area contributed by atoms with E-state index in [0.717, 1.165) is 15.4 Å². The van der Waals surface area contributed by atoms with Crippen LogP contribution < -0.4 is 14.8 Å². The third-order valence-corrected chi connectivity index (χ3v) is 5.21. The molecule has 0 aliphatic carbocycles. The molecular formula is C22H22N2O5S. The summed E-state index contributed by atoms with van der Waals surface area (Å²) in [6, 6.07) is 16.9. The molecule has 0 aliphatic heterocycles. The van der Waals surface area contributed by atoms with Gasteiger partial charge in [0.15, 0.2) is 0 Å². The summed E-state index contributed by atoms with van der Waals surface area (Å²) in [5, 5.41) is 0. The molecule has 3 N–H and O–H groups in total. The molecule has 156 valence electrons. The van der Waals surface area contributed by atoms with Crippen LogP contribution in [-0.2, 0) is 16.0 Å². The lowest BCUT2D eigenvalue weighted by Crippen LogP contribution is -2.22. The monoisotopic (exact) mass is 426 g/mol. The minimum Gasteiger partial charge on any atom is -0.465 e. The lowest BCUT2D eigenvalue weighted by Gasteiger charge is -2.23. The minimum absolute atomic E-state index is 0.0881. The lowest BCUT2D eigenvalue weighted by molar-refractivity contribution is 0.0601. The Kier molecular flexibility index (Phi) is 6.39. The van der Waals surface area contributed by atoms with Gasteiger partial charge in [0.2, 0.25) is 0 Å². The smallest absolute Gasteiger partial charge is 0.340 e. The van der Waals surface area contributed by atoms with Crippen molar-refractivity contribution in [2.75, 3.05) is 17.1 Å². The maximum Gasteiger partial charge on any atom is 0.340 e. The van der Waals surface area contributed by atoms with E-state index in [1.54, 1.807) is 42.5 Å². The average Bonchev–Trinajstić information content (AvgIpc) is 2.72. The third kappa shape index (κ3) is 4.61. The van der Waals surface area contributed by atoms with Crippen LogP contribution in [0.2, 0.25) is 0 Å². The van der Waals surface area contributed by atoms with Gasteiger partial charge in [0.05, 0.1) is 24.0 Å². The van der Waals surface area contributed by atoms with Crippen LogP contribution in [0, 0.1) is 13.8 Å². The second-order valence-electron chi connectivity index (χ2n) is 6.65. The number of rotatable bonds is 6. The molecule has 0 bridgehead atoms. The fraction of sp³-hybridized carbons (Fsp3) is 0.136. The molecular weight excluding hydrogens is 404 g/mol. The van der Waals surface area contributed by atoms with E-state index in [9.17, 15) is 13.6 Å². The van der Waals surface area contributed by atoms with Gasteiger partial charge in [-0.3, -0.25) is 4.55 Å². The van der Waals surface area contributed by atoms with E-state index in [4.69, 9.17) is 15.2 Å². The molecule has 1 atom stereocenters. The number of nitrogen functional groups attached to an aromatic ring is 1. The maximum absolute atomic E-state index is 12.4. The SMILES string of the molecule is COC(=O)c1cc(Oc2ccc(N)c(C)c2)ccc1N(c1ccc(C)cc1)S(=O)O. The molecule has 0 spiro atoms. The molecule has 7 nitrogen and oxygen atoms in total. The van der Waals surface area contributed by atoms with E-state index in [-0.39, 0.29) is 11.3 Å². The molecule has 0 aliphatic rings. The largest absolute Gasteiger partial charge is 0.465 e. The van der Waals surface area contributed by atoms with E-state index in [0.29, 0.717) is 22.9 Å². The first kappa shape index (κ1) is 21.4. The summed E-state index contributed by atoms with van der Waals surface area (Å²) in [6.07, 6.45) is 0. The number of ether oxygens (including phenoxy) is 2. The Balaban J connectivity index is 2.05. The molecule has 0 saturated heterocycles. The Morgan fingerprint density at radius 2 is 1.63 bits per heavy atom.